The van der Waals surface area contributed by atoms with Crippen LogP contribution in [0, 0.1) is 18.3 Å². The molecular weight excluding hydrogens is 290 g/mol. The number of anilines is 2. The van der Waals surface area contributed by atoms with E-state index in [9.17, 15) is 4.79 Å². The molecule has 0 saturated carbocycles. The SMILES string of the molecule is CCC(C)NC(=O)c1cc(Nc2ccccc2C#N)nc(C)n1. The summed E-state index contributed by atoms with van der Waals surface area (Å²) >= 11 is 0. The van der Waals surface area contributed by atoms with Crippen LogP contribution in [0.1, 0.15) is 42.1 Å². The van der Waals surface area contributed by atoms with Crippen LogP contribution in [0.4, 0.5) is 11.5 Å². The molecule has 0 aliphatic rings. The van der Waals surface area contributed by atoms with Crippen LogP contribution in [-0.2, 0) is 0 Å². The van der Waals surface area contributed by atoms with Gasteiger partial charge in [-0.1, -0.05) is 19.1 Å². The van der Waals surface area contributed by atoms with Gasteiger partial charge in [0.15, 0.2) is 0 Å². The first kappa shape index (κ1) is 16.4. The lowest BCUT2D eigenvalue weighted by molar-refractivity contribution is 0.0934. The summed E-state index contributed by atoms with van der Waals surface area (Å²) in [6, 6.07) is 10.9. The normalized spacial score (nSPS) is 11.4. The van der Waals surface area contributed by atoms with Crippen molar-refractivity contribution in [3.05, 3.63) is 47.4 Å². The first-order valence-electron chi connectivity index (χ1n) is 7.46. The summed E-state index contributed by atoms with van der Waals surface area (Å²) in [4.78, 5) is 20.7. The van der Waals surface area contributed by atoms with Gasteiger partial charge in [0.25, 0.3) is 5.91 Å². The molecule has 0 saturated heterocycles. The summed E-state index contributed by atoms with van der Waals surface area (Å²) in [5.74, 6) is 0.731. The van der Waals surface area contributed by atoms with Gasteiger partial charge in [-0.15, -0.1) is 0 Å². The van der Waals surface area contributed by atoms with E-state index in [1.54, 1.807) is 31.2 Å². The molecule has 2 aromatic rings. The fourth-order valence-electron chi connectivity index (χ4n) is 1.98. The predicted octanol–water partition coefficient (Wildman–Crippen LogP) is 2.93. The molecule has 1 unspecified atom stereocenters. The maximum atomic E-state index is 12.2. The number of aryl methyl sites for hydroxylation is 1. The second-order valence-corrected chi connectivity index (χ2v) is 5.25. The van der Waals surface area contributed by atoms with E-state index in [1.165, 1.54) is 0 Å². The molecule has 1 amide bonds. The highest BCUT2D eigenvalue weighted by molar-refractivity contribution is 5.93. The number of benzene rings is 1. The second-order valence-electron chi connectivity index (χ2n) is 5.25. The minimum atomic E-state index is -0.235. The van der Waals surface area contributed by atoms with Crippen molar-refractivity contribution in [3.63, 3.8) is 0 Å². The molecule has 118 valence electrons. The zero-order valence-corrected chi connectivity index (χ0v) is 13.4. The molecule has 0 spiro atoms. The lowest BCUT2D eigenvalue weighted by atomic mass is 10.2. The number of carbonyl (C=O) groups excluding carboxylic acids is 1. The van der Waals surface area contributed by atoms with Gasteiger partial charge in [0.1, 0.15) is 23.4 Å². The molecule has 2 N–H and O–H groups in total. The second kappa shape index (κ2) is 7.36. The molecule has 0 bridgehead atoms. The Morgan fingerprint density at radius 1 is 1.35 bits per heavy atom. The standard InChI is InChI=1S/C17H19N5O/c1-4-11(2)19-17(23)15-9-16(21-12(3)20-15)22-14-8-6-5-7-13(14)10-18/h5-9,11H,4H2,1-3H3,(H,19,23)(H,20,21,22). The summed E-state index contributed by atoms with van der Waals surface area (Å²) in [6.07, 6.45) is 0.844. The monoisotopic (exact) mass is 309 g/mol. The molecule has 6 nitrogen and oxygen atoms in total. The molecule has 6 heteroatoms. The van der Waals surface area contributed by atoms with E-state index in [4.69, 9.17) is 5.26 Å². The van der Waals surface area contributed by atoms with Gasteiger partial charge in [-0.2, -0.15) is 5.26 Å². The van der Waals surface area contributed by atoms with Gasteiger partial charge in [0, 0.05) is 12.1 Å². The number of amides is 1. The Bertz CT molecular complexity index is 751. The van der Waals surface area contributed by atoms with E-state index in [-0.39, 0.29) is 11.9 Å². The van der Waals surface area contributed by atoms with Gasteiger partial charge >= 0.3 is 0 Å². The number of aromatic nitrogens is 2. The maximum Gasteiger partial charge on any atom is 0.270 e. The maximum absolute atomic E-state index is 12.2. The summed E-state index contributed by atoms with van der Waals surface area (Å²) < 4.78 is 0. The van der Waals surface area contributed by atoms with Crippen LogP contribution in [0.25, 0.3) is 0 Å². The quantitative estimate of drug-likeness (QED) is 0.886. The highest BCUT2D eigenvalue weighted by Crippen LogP contribution is 2.19. The fraction of sp³-hybridized carbons (Fsp3) is 0.294. The van der Waals surface area contributed by atoms with Crippen LogP contribution in [0.3, 0.4) is 0 Å². The zero-order valence-electron chi connectivity index (χ0n) is 13.4. The Kier molecular flexibility index (Phi) is 5.26. The van der Waals surface area contributed by atoms with E-state index in [2.05, 4.69) is 26.7 Å². The Labute approximate surface area is 135 Å². The minimum Gasteiger partial charge on any atom is -0.348 e. The molecule has 1 aromatic heterocycles. The number of nitrogens with zero attached hydrogens (tertiary/aromatic N) is 3. The van der Waals surface area contributed by atoms with Gasteiger partial charge in [0.2, 0.25) is 0 Å². The number of hydrogen-bond donors (Lipinski definition) is 2. The van der Waals surface area contributed by atoms with Crippen molar-refractivity contribution in [2.24, 2.45) is 0 Å². The summed E-state index contributed by atoms with van der Waals surface area (Å²) in [7, 11) is 0. The number of nitriles is 1. The van der Waals surface area contributed by atoms with Crippen molar-refractivity contribution in [2.75, 3.05) is 5.32 Å². The Morgan fingerprint density at radius 3 is 2.78 bits per heavy atom. The van der Waals surface area contributed by atoms with Crippen LogP contribution in [0.15, 0.2) is 30.3 Å². The van der Waals surface area contributed by atoms with E-state index < -0.39 is 0 Å². The number of para-hydroxylation sites is 1. The number of rotatable bonds is 5. The minimum absolute atomic E-state index is 0.0773. The van der Waals surface area contributed by atoms with Crippen LogP contribution in [-0.4, -0.2) is 21.9 Å². The topological polar surface area (TPSA) is 90.7 Å². The Morgan fingerprint density at radius 2 is 2.09 bits per heavy atom. The Hall–Kier alpha value is -2.94. The summed E-state index contributed by atoms with van der Waals surface area (Å²) in [5.41, 5.74) is 1.45. The van der Waals surface area contributed by atoms with Gasteiger partial charge < -0.3 is 10.6 Å². The molecular formula is C17H19N5O. The van der Waals surface area contributed by atoms with Crippen molar-refractivity contribution in [2.45, 2.75) is 33.2 Å². The average Bonchev–Trinajstić information content (AvgIpc) is 2.54. The first-order chi connectivity index (χ1) is 11.0. The summed E-state index contributed by atoms with van der Waals surface area (Å²) in [6.45, 7) is 5.66. The van der Waals surface area contributed by atoms with Crippen LogP contribution >= 0.6 is 0 Å². The number of hydrogen-bond acceptors (Lipinski definition) is 5. The Balaban J connectivity index is 2.27. The van der Waals surface area contributed by atoms with Crippen molar-refractivity contribution >= 4 is 17.4 Å². The molecule has 1 heterocycles. The van der Waals surface area contributed by atoms with Crippen LogP contribution < -0.4 is 10.6 Å². The molecule has 2 rings (SSSR count). The average molecular weight is 309 g/mol. The van der Waals surface area contributed by atoms with E-state index in [0.717, 1.165) is 6.42 Å². The molecule has 1 atom stereocenters. The lowest BCUT2D eigenvalue weighted by Crippen LogP contribution is -2.32. The third-order valence-electron chi connectivity index (χ3n) is 3.37. The van der Waals surface area contributed by atoms with E-state index in [0.29, 0.717) is 28.6 Å². The van der Waals surface area contributed by atoms with Crippen molar-refractivity contribution in [1.29, 1.82) is 5.26 Å². The molecule has 23 heavy (non-hydrogen) atoms. The molecule has 0 radical (unpaired) electrons. The van der Waals surface area contributed by atoms with E-state index >= 15 is 0 Å². The van der Waals surface area contributed by atoms with Crippen molar-refractivity contribution in [3.8, 4) is 6.07 Å². The van der Waals surface area contributed by atoms with Crippen LogP contribution in [0.5, 0.6) is 0 Å². The molecule has 0 aliphatic heterocycles. The molecule has 1 aromatic carbocycles. The van der Waals surface area contributed by atoms with Gasteiger partial charge in [-0.3, -0.25) is 4.79 Å². The third kappa shape index (κ3) is 4.27. The van der Waals surface area contributed by atoms with Gasteiger partial charge in [-0.25, -0.2) is 9.97 Å². The number of nitrogens with one attached hydrogen (secondary N) is 2. The largest absolute Gasteiger partial charge is 0.348 e. The van der Waals surface area contributed by atoms with Gasteiger partial charge in [0.05, 0.1) is 11.3 Å². The van der Waals surface area contributed by atoms with Crippen molar-refractivity contribution in [1.82, 2.24) is 15.3 Å². The molecule has 0 aliphatic carbocycles. The van der Waals surface area contributed by atoms with Crippen LogP contribution in [0.2, 0.25) is 0 Å². The highest BCUT2D eigenvalue weighted by Gasteiger charge is 2.13. The zero-order chi connectivity index (χ0) is 16.8. The van der Waals surface area contributed by atoms with Crippen molar-refractivity contribution < 1.29 is 4.79 Å². The van der Waals surface area contributed by atoms with E-state index in [1.807, 2.05) is 19.9 Å². The van der Waals surface area contributed by atoms with Gasteiger partial charge in [-0.05, 0) is 32.4 Å². The number of carbonyl (C=O) groups is 1. The first-order valence-corrected chi connectivity index (χ1v) is 7.46. The predicted molar refractivity (Wildman–Crippen MR) is 88.4 cm³/mol. The third-order valence-corrected chi connectivity index (χ3v) is 3.37. The molecule has 0 fully saturated rings. The fourth-order valence-corrected chi connectivity index (χ4v) is 1.98. The lowest BCUT2D eigenvalue weighted by Gasteiger charge is -2.12. The smallest absolute Gasteiger partial charge is 0.270 e. The summed E-state index contributed by atoms with van der Waals surface area (Å²) in [5, 5.41) is 15.1. The highest BCUT2D eigenvalue weighted by atomic mass is 16.1.